The molecule has 1 amide bonds. The van der Waals surface area contributed by atoms with Gasteiger partial charge in [0.05, 0.1) is 17.6 Å². The molecule has 5 rings (SSSR count). The van der Waals surface area contributed by atoms with Crippen molar-refractivity contribution in [3.8, 4) is 11.3 Å². The van der Waals surface area contributed by atoms with Gasteiger partial charge in [0.1, 0.15) is 0 Å². The number of carbonyl (C=O) groups excluding carboxylic acids is 1. The van der Waals surface area contributed by atoms with E-state index in [9.17, 15) is 4.79 Å². The highest BCUT2D eigenvalue weighted by molar-refractivity contribution is 6.30. The Kier molecular flexibility index (Phi) is 6.70. The summed E-state index contributed by atoms with van der Waals surface area (Å²) in [5.41, 5.74) is 4.80. The maximum atomic E-state index is 13.4. The van der Waals surface area contributed by atoms with Gasteiger partial charge < -0.3 is 4.90 Å². The number of halogens is 1. The molecule has 6 heteroatoms. The molecular weight excluding hydrogens is 432 g/mol. The van der Waals surface area contributed by atoms with Crippen molar-refractivity contribution >= 4 is 17.5 Å². The highest BCUT2D eigenvalue weighted by Gasteiger charge is 2.27. The SMILES string of the molecule is O=C(c1ccccc1CN1CCCC1)N1CCC(c2cncc(-c3cccc(Cl)c3)n2)CC1. The van der Waals surface area contributed by atoms with Crippen LogP contribution in [0, 0.1) is 0 Å². The van der Waals surface area contributed by atoms with Crippen LogP contribution in [0.1, 0.15) is 53.2 Å². The quantitative estimate of drug-likeness (QED) is 0.510. The molecule has 2 aliphatic rings. The van der Waals surface area contributed by atoms with E-state index >= 15 is 0 Å². The van der Waals surface area contributed by atoms with E-state index in [2.05, 4.69) is 16.0 Å². The first-order chi connectivity index (χ1) is 16.2. The van der Waals surface area contributed by atoms with Crippen molar-refractivity contribution in [2.24, 2.45) is 0 Å². The fourth-order valence-electron chi connectivity index (χ4n) is 4.96. The Bertz CT molecular complexity index is 1120. The molecule has 3 aromatic rings. The van der Waals surface area contributed by atoms with Gasteiger partial charge in [0, 0.05) is 47.9 Å². The molecule has 2 saturated heterocycles. The molecule has 0 aliphatic carbocycles. The van der Waals surface area contributed by atoms with Crippen LogP contribution in [0.3, 0.4) is 0 Å². The third-order valence-electron chi connectivity index (χ3n) is 6.81. The van der Waals surface area contributed by atoms with Gasteiger partial charge in [-0.25, -0.2) is 4.98 Å². The molecule has 5 nitrogen and oxygen atoms in total. The maximum Gasteiger partial charge on any atom is 0.254 e. The van der Waals surface area contributed by atoms with Crippen LogP contribution < -0.4 is 0 Å². The van der Waals surface area contributed by atoms with E-state index in [0.29, 0.717) is 10.9 Å². The van der Waals surface area contributed by atoms with E-state index in [1.165, 1.54) is 12.8 Å². The summed E-state index contributed by atoms with van der Waals surface area (Å²) in [4.78, 5) is 27.1. The number of piperidine rings is 1. The van der Waals surface area contributed by atoms with Crippen molar-refractivity contribution in [3.05, 3.63) is 82.8 Å². The molecule has 2 fully saturated rings. The number of likely N-dealkylation sites (tertiary alicyclic amines) is 2. The van der Waals surface area contributed by atoms with E-state index < -0.39 is 0 Å². The standard InChI is InChI=1S/C27H29ClN4O/c28-23-8-5-7-21(16-23)26-18-29-17-25(30-26)20-10-14-32(15-11-20)27(33)24-9-2-1-6-22(24)19-31-12-3-4-13-31/h1-2,5-9,16-18,20H,3-4,10-15,19H2. The highest BCUT2D eigenvalue weighted by Crippen LogP contribution is 2.29. The van der Waals surface area contributed by atoms with E-state index in [1.54, 1.807) is 6.20 Å². The van der Waals surface area contributed by atoms with Crippen molar-refractivity contribution in [2.45, 2.75) is 38.1 Å². The summed E-state index contributed by atoms with van der Waals surface area (Å²) in [6.07, 6.45) is 7.95. The Morgan fingerprint density at radius 2 is 1.76 bits per heavy atom. The maximum absolute atomic E-state index is 13.4. The number of amides is 1. The summed E-state index contributed by atoms with van der Waals surface area (Å²) in [6.45, 7) is 4.60. The molecule has 33 heavy (non-hydrogen) atoms. The summed E-state index contributed by atoms with van der Waals surface area (Å²) in [5, 5.41) is 0.691. The highest BCUT2D eigenvalue weighted by atomic mass is 35.5. The molecule has 2 aliphatic heterocycles. The first-order valence-electron chi connectivity index (χ1n) is 11.8. The zero-order valence-electron chi connectivity index (χ0n) is 18.8. The van der Waals surface area contributed by atoms with Crippen LogP contribution in [0.25, 0.3) is 11.3 Å². The van der Waals surface area contributed by atoms with Gasteiger partial charge in [0.25, 0.3) is 5.91 Å². The molecule has 0 saturated carbocycles. The van der Waals surface area contributed by atoms with E-state index in [0.717, 1.165) is 73.6 Å². The lowest BCUT2D eigenvalue weighted by Crippen LogP contribution is -2.38. The smallest absolute Gasteiger partial charge is 0.254 e. The molecule has 0 spiro atoms. The number of hydrogen-bond donors (Lipinski definition) is 0. The minimum absolute atomic E-state index is 0.155. The molecule has 170 valence electrons. The molecule has 0 bridgehead atoms. The van der Waals surface area contributed by atoms with Gasteiger partial charge in [-0.2, -0.15) is 0 Å². The summed E-state index contributed by atoms with van der Waals surface area (Å²) in [5.74, 6) is 0.461. The zero-order valence-corrected chi connectivity index (χ0v) is 19.5. The normalized spacial score (nSPS) is 17.4. The fraction of sp³-hybridized carbons (Fsp3) is 0.370. The first kappa shape index (κ1) is 22.1. The van der Waals surface area contributed by atoms with Gasteiger partial charge in [0.2, 0.25) is 0 Å². The predicted octanol–water partition coefficient (Wildman–Crippen LogP) is 5.41. The van der Waals surface area contributed by atoms with Crippen LogP contribution in [-0.2, 0) is 6.54 Å². The van der Waals surface area contributed by atoms with Crippen molar-refractivity contribution in [2.75, 3.05) is 26.2 Å². The number of benzene rings is 2. The molecule has 3 heterocycles. The molecular formula is C27H29ClN4O. The lowest BCUT2D eigenvalue weighted by Gasteiger charge is -2.32. The second-order valence-corrected chi connectivity index (χ2v) is 9.48. The van der Waals surface area contributed by atoms with Crippen LogP contribution in [0.4, 0.5) is 0 Å². The average Bonchev–Trinajstić information content (AvgIpc) is 3.37. The van der Waals surface area contributed by atoms with E-state index in [1.807, 2.05) is 53.6 Å². The minimum atomic E-state index is 0.155. The number of hydrogen-bond acceptors (Lipinski definition) is 4. The molecule has 0 radical (unpaired) electrons. The van der Waals surface area contributed by atoms with Crippen LogP contribution in [-0.4, -0.2) is 51.9 Å². The Morgan fingerprint density at radius 3 is 2.55 bits per heavy atom. The summed E-state index contributed by atoms with van der Waals surface area (Å²) >= 11 is 6.15. The van der Waals surface area contributed by atoms with Gasteiger partial charge in [-0.1, -0.05) is 41.9 Å². The minimum Gasteiger partial charge on any atom is -0.339 e. The van der Waals surface area contributed by atoms with Crippen molar-refractivity contribution in [1.29, 1.82) is 0 Å². The number of aromatic nitrogens is 2. The van der Waals surface area contributed by atoms with Crippen molar-refractivity contribution in [3.63, 3.8) is 0 Å². The molecule has 1 aromatic heterocycles. The lowest BCUT2D eigenvalue weighted by atomic mass is 9.93. The van der Waals surface area contributed by atoms with Crippen molar-refractivity contribution in [1.82, 2.24) is 19.8 Å². The number of nitrogens with zero attached hydrogens (tertiary/aromatic N) is 4. The molecule has 0 N–H and O–H groups in total. The summed E-state index contributed by atoms with van der Waals surface area (Å²) in [7, 11) is 0. The number of rotatable bonds is 5. The van der Waals surface area contributed by atoms with Gasteiger partial charge in [-0.15, -0.1) is 0 Å². The van der Waals surface area contributed by atoms with Gasteiger partial charge >= 0.3 is 0 Å². The van der Waals surface area contributed by atoms with Crippen LogP contribution in [0.15, 0.2) is 60.9 Å². The van der Waals surface area contributed by atoms with Crippen LogP contribution in [0.5, 0.6) is 0 Å². The van der Waals surface area contributed by atoms with Crippen LogP contribution >= 0.6 is 11.6 Å². The third kappa shape index (κ3) is 5.10. The van der Waals surface area contributed by atoms with Gasteiger partial charge in [0.15, 0.2) is 0 Å². The zero-order chi connectivity index (χ0) is 22.6. The third-order valence-corrected chi connectivity index (χ3v) is 7.05. The van der Waals surface area contributed by atoms with E-state index in [4.69, 9.17) is 16.6 Å². The largest absolute Gasteiger partial charge is 0.339 e. The monoisotopic (exact) mass is 460 g/mol. The van der Waals surface area contributed by atoms with Gasteiger partial charge in [-0.3, -0.25) is 14.7 Å². The summed E-state index contributed by atoms with van der Waals surface area (Å²) < 4.78 is 0. The van der Waals surface area contributed by atoms with Crippen LogP contribution in [0.2, 0.25) is 5.02 Å². The van der Waals surface area contributed by atoms with E-state index in [-0.39, 0.29) is 5.91 Å². The average molecular weight is 461 g/mol. The Morgan fingerprint density at radius 1 is 0.970 bits per heavy atom. The second kappa shape index (κ2) is 10.0. The Hall–Kier alpha value is -2.76. The fourth-order valence-corrected chi connectivity index (χ4v) is 5.15. The topological polar surface area (TPSA) is 49.3 Å². The number of carbonyl (C=O) groups is 1. The Labute approximate surface area is 200 Å². The van der Waals surface area contributed by atoms with Crippen molar-refractivity contribution < 1.29 is 4.79 Å². The predicted molar refractivity (Wildman–Crippen MR) is 131 cm³/mol. The first-order valence-corrected chi connectivity index (χ1v) is 12.2. The Balaban J connectivity index is 1.25. The molecule has 0 atom stereocenters. The van der Waals surface area contributed by atoms with Gasteiger partial charge in [-0.05, 0) is 62.5 Å². The summed E-state index contributed by atoms with van der Waals surface area (Å²) in [6, 6.07) is 15.8. The second-order valence-electron chi connectivity index (χ2n) is 9.05. The molecule has 0 unspecified atom stereocenters. The lowest BCUT2D eigenvalue weighted by molar-refractivity contribution is 0.0710. The molecule has 2 aromatic carbocycles.